The molecule has 4 atom stereocenters. The van der Waals surface area contributed by atoms with Crippen LogP contribution in [0.2, 0.25) is 0 Å². The quantitative estimate of drug-likeness (QED) is 0.103. The molecular formula is C28H37N3O11. The Morgan fingerprint density at radius 1 is 1.00 bits per heavy atom. The van der Waals surface area contributed by atoms with E-state index in [1.807, 2.05) is 0 Å². The minimum Gasteiger partial charge on any atom is -0.461 e. The fourth-order valence-electron chi connectivity index (χ4n) is 4.14. The Kier molecular flexibility index (Phi) is 12.4. The molecule has 1 aromatic rings. The molecule has 1 aromatic carbocycles. The van der Waals surface area contributed by atoms with Crippen LogP contribution in [0, 0.1) is 0 Å². The van der Waals surface area contributed by atoms with Gasteiger partial charge in [0.05, 0.1) is 12.3 Å². The van der Waals surface area contributed by atoms with Gasteiger partial charge in [-0.3, -0.25) is 28.9 Å². The monoisotopic (exact) mass is 591 g/mol. The molecule has 1 unspecified atom stereocenters. The van der Waals surface area contributed by atoms with Gasteiger partial charge >= 0.3 is 5.97 Å². The van der Waals surface area contributed by atoms with Crippen LogP contribution in [0.1, 0.15) is 51.0 Å². The molecule has 1 fully saturated rings. The van der Waals surface area contributed by atoms with Gasteiger partial charge in [0.1, 0.15) is 30.7 Å². The lowest BCUT2D eigenvalue weighted by Gasteiger charge is -2.35. The van der Waals surface area contributed by atoms with Gasteiger partial charge in [-0.05, 0) is 30.5 Å². The molecular weight excluding hydrogens is 554 g/mol. The number of esters is 1. The molecule has 42 heavy (non-hydrogen) atoms. The van der Waals surface area contributed by atoms with Crippen LogP contribution in [0.5, 0.6) is 5.75 Å². The van der Waals surface area contributed by atoms with E-state index >= 15 is 0 Å². The van der Waals surface area contributed by atoms with Crippen LogP contribution in [0.4, 0.5) is 5.69 Å². The number of unbranched alkanes of at least 4 members (excludes halogenated alkanes) is 2. The van der Waals surface area contributed by atoms with Crippen molar-refractivity contribution in [1.29, 1.82) is 0 Å². The second-order valence-electron chi connectivity index (χ2n) is 9.83. The number of aliphatic hydroxyl groups is 3. The van der Waals surface area contributed by atoms with Crippen molar-refractivity contribution in [2.45, 2.75) is 76.7 Å². The molecule has 4 amide bonds. The number of nitrogens with one attached hydrogen (secondary N) is 2. The van der Waals surface area contributed by atoms with Gasteiger partial charge in [-0.15, -0.1) is 0 Å². The van der Waals surface area contributed by atoms with Crippen molar-refractivity contribution < 1.29 is 53.5 Å². The summed E-state index contributed by atoms with van der Waals surface area (Å²) in [5.41, 5.74) is 0.723. The smallest absolute Gasteiger partial charge is 0.305 e. The summed E-state index contributed by atoms with van der Waals surface area (Å²) in [7, 11) is 0. The number of hydrogen-bond donors (Lipinski definition) is 5. The number of amides is 4. The van der Waals surface area contributed by atoms with Crippen molar-refractivity contribution in [2.24, 2.45) is 0 Å². The summed E-state index contributed by atoms with van der Waals surface area (Å²) in [5.74, 6) is -1.68. The van der Waals surface area contributed by atoms with E-state index in [0.29, 0.717) is 31.4 Å². The Balaban J connectivity index is 1.47. The molecule has 0 spiro atoms. The van der Waals surface area contributed by atoms with Crippen LogP contribution >= 0.6 is 0 Å². The van der Waals surface area contributed by atoms with Gasteiger partial charge in [0.2, 0.25) is 18.1 Å². The van der Waals surface area contributed by atoms with E-state index in [0.717, 1.165) is 4.90 Å². The number of imide groups is 1. The summed E-state index contributed by atoms with van der Waals surface area (Å²) in [6.07, 6.45) is -1.06. The standard InChI is InChI=1S/C28H37N3O11/c1-2-25(37)40-15-17-7-8-20(42-28-27(39)26(38)19(32)16-41-28)18(14-17)30-22(34)11-12-29-21(33)6-4-3-5-13-31-23(35)9-10-24(31)36/h7-10,14,19,26-28,32,38-39H,2-6,11-13,15-16H2,1H3,(H,29,33)(H,30,34)/t19-,26+,27?,28+/m1/s1. The number of hydrogen-bond acceptors (Lipinski definition) is 11. The Hall–Kier alpha value is -3.85. The van der Waals surface area contributed by atoms with Gasteiger partial charge in [0.25, 0.3) is 11.8 Å². The molecule has 5 N–H and O–H groups in total. The third kappa shape index (κ3) is 9.62. The normalized spacial score (nSPS) is 21.8. The third-order valence-corrected chi connectivity index (χ3v) is 6.56. The second kappa shape index (κ2) is 16.0. The largest absolute Gasteiger partial charge is 0.461 e. The summed E-state index contributed by atoms with van der Waals surface area (Å²) in [5, 5.41) is 35.2. The molecule has 1 saturated heterocycles. The summed E-state index contributed by atoms with van der Waals surface area (Å²) in [6.45, 7) is 1.69. The molecule has 2 aliphatic heterocycles. The SMILES string of the molecule is CCC(=O)OCc1ccc(O[C@@H]2OC[C@@H](O)[C@H](O)C2O)c(NC(=O)CCNC(=O)CCCCCN2C(=O)C=CC2=O)c1. The number of rotatable bonds is 15. The van der Waals surface area contributed by atoms with Gasteiger partial charge in [-0.25, -0.2) is 0 Å². The molecule has 0 aromatic heterocycles. The van der Waals surface area contributed by atoms with Crippen LogP contribution in [0.3, 0.4) is 0 Å². The first-order valence-electron chi connectivity index (χ1n) is 13.8. The molecule has 2 heterocycles. The first-order valence-corrected chi connectivity index (χ1v) is 13.8. The van der Waals surface area contributed by atoms with Gasteiger partial charge < -0.3 is 40.2 Å². The van der Waals surface area contributed by atoms with E-state index < -0.39 is 36.5 Å². The maximum atomic E-state index is 12.7. The molecule has 14 nitrogen and oxygen atoms in total. The van der Waals surface area contributed by atoms with Crippen molar-refractivity contribution in [1.82, 2.24) is 10.2 Å². The maximum absolute atomic E-state index is 12.7. The number of anilines is 1. The first-order chi connectivity index (χ1) is 20.1. The van der Waals surface area contributed by atoms with Crippen LogP contribution < -0.4 is 15.4 Å². The lowest BCUT2D eigenvalue weighted by atomic mass is 10.1. The second-order valence-corrected chi connectivity index (χ2v) is 9.83. The van der Waals surface area contributed by atoms with Gasteiger partial charge in [0, 0.05) is 44.5 Å². The van der Waals surface area contributed by atoms with E-state index in [4.69, 9.17) is 14.2 Å². The lowest BCUT2D eigenvalue weighted by Crippen LogP contribution is -2.54. The lowest BCUT2D eigenvalue weighted by molar-refractivity contribution is -0.241. The van der Waals surface area contributed by atoms with Crippen molar-refractivity contribution in [3.8, 4) is 5.75 Å². The van der Waals surface area contributed by atoms with E-state index in [1.54, 1.807) is 13.0 Å². The number of benzene rings is 1. The number of nitrogens with zero attached hydrogens (tertiary/aromatic N) is 1. The van der Waals surface area contributed by atoms with E-state index in [2.05, 4.69) is 10.6 Å². The van der Waals surface area contributed by atoms with Crippen LogP contribution in [-0.2, 0) is 40.1 Å². The van der Waals surface area contributed by atoms with Crippen molar-refractivity contribution in [2.75, 3.05) is 25.0 Å². The topological polar surface area (TPSA) is 201 Å². The number of carbonyl (C=O) groups is 5. The summed E-state index contributed by atoms with van der Waals surface area (Å²) in [6, 6.07) is 4.59. The zero-order valence-electron chi connectivity index (χ0n) is 23.3. The minimum atomic E-state index is -1.56. The van der Waals surface area contributed by atoms with Gasteiger partial charge in [-0.2, -0.15) is 0 Å². The fraction of sp³-hybridized carbons (Fsp3) is 0.536. The van der Waals surface area contributed by atoms with Crippen LogP contribution in [0.15, 0.2) is 30.4 Å². The average molecular weight is 592 g/mol. The van der Waals surface area contributed by atoms with Crippen LogP contribution in [0.25, 0.3) is 0 Å². The Bertz CT molecular complexity index is 1150. The molecule has 3 rings (SSSR count). The third-order valence-electron chi connectivity index (χ3n) is 6.56. The van der Waals surface area contributed by atoms with Crippen molar-refractivity contribution in [3.63, 3.8) is 0 Å². The average Bonchev–Trinajstić information content (AvgIpc) is 3.29. The van der Waals surface area contributed by atoms with E-state index in [1.165, 1.54) is 24.3 Å². The van der Waals surface area contributed by atoms with E-state index in [-0.39, 0.29) is 68.2 Å². The Morgan fingerprint density at radius 2 is 1.74 bits per heavy atom. The van der Waals surface area contributed by atoms with Crippen LogP contribution in [-0.4, -0.2) is 94.1 Å². The summed E-state index contributed by atoms with van der Waals surface area (Å²) < 4.78 is 16.1. The molecule has 0 saturated carbocycles. The highest BCUT2D eigenvalue weighted by Gasteiger charge is 2.39. The Morgan fingerprint density at radius 3 is 2.45 bits per heavy atom. The number of aliphatic hydroxyl groups excluding tert-OH is 3. The zero-order valence-corrected chi connectivity index (χ0v) is 23.3. The molecule has 14 heteroatoms. The fourth-order valence-corrected chi connectivity index (χ4v) is 4.14. The summed E-state index contributed by atoms with van der Waals surface area (Å²) >= 11 is 0. The predicted molar refractivity (Wildman–Crippen MR) is 146 cm³/mol. The number of carbonyl (C=O) groups excluding carboxylic acids is 5. The molecule has 0 radical (unpaired) electrons. The van der Waals surface area contributed by atoms with Gasteiger partial charge in [0.15, 0.2) is 0 Å². The molecule has 230 valence electrons. The highest BCUT2D eigenvalue weighted by atomic mass is 16.7. The first kappa shape index (κ1) is 32.7. The highest BCUT2D eigenvalue weighted by Crippen LogP contribution is 2.30. The minimum absolute atomic E-state index is 0.0547. The molecule has 2 aliphatic rings. The summed E-state index contributed by atoms with van der Waals surface area (Å²) in [4.78, 5) is 60.6. The highest BCUT2D eigenvalue weighted by molar-refractivity contribution is 6.12. The van der Waals surface area contributed by atoms with Crippen molar-refractivity contribution >= 4 is 35.3 Å². The Labute approximate surface area is 242 Å². The van der Waals surface area contributed by atoms with Crippen molar-refractivity contribution in [3.05, 3.63) is 35.9 Å². The van der Waals surface area contributed by atoms with Gasteiger partial charge in [-0.1, -0.05) is 19.4 Å². The van der Waals surface area contributed by atoms with E-state index in [9.17, 15) is 39.3 Å². The molecule has 0 aliphatic carbocycles. The maximum Gasteiger partial charge on any atom is 0.305 e. The number of ether oxygens (including phenoxy) is 3. The predicted octanol–water partition coefficient (Wildman–Crippen LogP) is -0.112. The zero-order chi connectivity index (χ0) is 30.6. The molecule has 0 bridgehead atoms.